The summed E-state index contributed by atoms with van der Waals surface area (Å²) >= 11 is 0. The molecule has 0 aromatic heterocycles. The number of rotatable bonds is 20. The predicted octanol–water partition coefficient (Wildman–Crippen LogP) is 8.06. The van der Waals surface area contributed by atoms with Crippen LogP contribution in [0.1, 0.15) is 129 Å². The lowest BCUT2D eigenvalue weighted by Gasteiger charge is -2.03. The number of carboxylic acids is 1. The zero-order valence-corrected chi connectivity index (χ0v) is 16.9. The SMILES string of the molecule is CCCC=CCCCCCCCCCCCCCCCCCC(=O)O. The molecular weight excluding hydrogens is 308 g/mol. The van der Waals surface area contributed by atoms with Crippen LogP contribution in [0.2, 0.25) is 0 Å². The van der Waals surface area contributed by atoms with Crippen LogP contribution >= 0.6 is 0 Å². The van der Waals surface area contributed by atoms with Crippen molar-refractivity contribution in [3.63, 3.8) is 0 Å². The maximum atomic E-state index is 10.4. The van der Waals surface area contributed by atoms with Gasteiger partial charge in [0.15, 0.2) is 0 Å². The standard InChI is InChI=1S/C23H44O2/c1-2-3-4-5-6-7-8-9-10-11-12-13-14-15-16-17-18-19-20-21-22-23(24)25/h4-5H,2-3,6-22H2,1H3,(H,24,25). The van der Waals surface area contributed by atoms with Crippen molar-refractivity contribution in [3.8, 4) is 0 Å². The molecule has 0 aromatic rings. The molecule has 0 heterocycles. The minimum atomic E-state index is -0.653. The van der Waals surface area contributed by atoms with E-state index in [4.69, 9.17) is 5.11 Å². The number of aliphatic carboxylic acids is 1. The molecule has 2 heteroatoms. The number of hydrogen-bond donors (Lipinski definition) is 1. The van der Waals surface area contributed by atoms with Crippen LogP contribution in [0.25, 0.3) is 0 Å². The first-order valence-electron chi connectivity index (χ1n) is 11.1. The Balaban J connectivity index is 3.01. The van der Waals surface area contributed by atoms with Gasteiger partial charge in [-0.1, -0.05) is 109 Å². The molecule has 0 aliphatic carbocycles. The monoisotopic (exact) mass is 352 g/mol. The number of allylic oxidation sites excluding steroid dienone is 2. The van der Waals surface area contributed by atoms with Gasteiger partial charge in [-0.2, -0.15) is 0 Å². The summed E-state index contributed by atoms with van der Waals surface area (Å²) < 4.78 is 0. The van der Waals surface area contributed by atoms with E-state index in [0.717, 1.165) is 12.8 Å². The molecule has 0 amide bonds. The average molecular weight is 353 g/mol. The fraction of sp³-hybridized carbons (Fsp3) is 0.870. The van der Waals surface area contributed by atoms with Gasteiger partial charge in [-0.05, 0) is 25.7 Å². The number of carbonyl (C=O) groups is 1. The molecule has 0 radical (unpaired) electrons. The summed E-state index contributed by atoms with van der Waals surface area (Å²) in [5, 5.41) is 8.56. The minimum absolute atomic E-state index is 0.343. The molecule has 0 spiro atoms. The van der Waals surface area contributed by atoms with Gasteiger partial charge in [0, 0.05) is 6.42 Å². The highest BCUT2D eigenvalue weighted by Crippen LogP contribution is 2.14. The van der Waals surface area contributed by atoms with E-state index in [9.17, 15) is 4.79 Å². The molecule has 0 aliphatic rings. The van der Waals surface area contributed by atoms with Crippen LogP contribution in [0.3, 0.4) is 0 Å². The summed E-state index contributed by atoms with van der Waals surface area (Å²) in [5.41, 5.74) is 0. The third-order valence-corrected chi connectivity index (χ3v) is 4.88. The van der Waals surface area contributed by atoms with Gasteiger partial charge in [0.1, 0.15) is 0 Å². The second-order valence-corrected chi connectivity index (χ2v) is 7.50. The number of carboxylic acid groups (broad SMARTS) is 1. The van der Waals surface area contributed by atoms with Crippen molar-refractivity contribution in [2.75, 3.05) is 0 Å². The van der Waals surface area contributed by atoms with Crippen LogP contribution in [-0.4, -0.2) is 11.1 Å². The van der Waals surface area contributed by atoms with Crippen molar-refractivity contribution in [2.45, 2.75) is 129 Å². The van der Waals surface area contributed by atoms with E-state index < -0.39 is 5.97 Å². The topological polar surface area (TPSA) is 37.3 Å². The molecule has 0 atom stereocenters. The van der Waals surface area contributed by atoms with Crippen LogP contribution in [0, 0.1) is 0 Å². The Bertz CT molecular complexity index is 296. The largest absolute Gasteiger partial charge is 0.481 e. The van der Waals surface area contributed by atoms with E-state index in [-0.39, 0.29) is 0 Å². The Kier molecular flexibility index (Phi) is 20.6. The summed E-state index contributed by atoms with van der Waals surface area (Å²) in [4.78, 5) is 10.4. The van der Waals surface area contributed by atoms with Gasteiger partial charge < -0.3 is 5.11 Å². The van der Waals surface area contributed by atoms with Crippen molar-refractivity contribution in [2.24, 2.45) is 0 Å². The Morgan fingerprint density at radius 1 is 0.600 bits per heavy atom. The van der Waals surface area contributed by atoms with E-state index in [1.165, 1.54) is 103 Å². The molecule has 0 unspecified atom stereocenters. The molecule has 0 fully saturated rings. The third-order valence-electron chi connectivity index (χ3n) is 4.88. The zero-order chi connectivity index (χ0) is 18.4. The lowest BCUT2D eigenvalue weighted by Crippen LogP contribution is -1.93. The van der Waals surface area contributed by atoms with Crippen LogP contribution in [0.4, 0.5) is 0 Å². The number of unbranched alkanes of at least 4 members (excludes halogenated alkanes) is 16. The lowest BCUT2D eigenvalue weighted by atomic mass is 10.0. The molecule has 0 bridgehead atoms. The Labute approximate surface area is 157 Å². The van der Waals surface area contributed by atoms with Gasteiger partial charge in [0.25, 0.3) is 0 Å². The molecule has 1 N–H and O–H groups in total. The van der Waals surface area contributed by atoms with Gasteiger partial charge in [0.2, 0.25) is 0 Å². The molecular formula is C23H44O2. The Morgan fingerprint density at radius 3 is 1.36 bits per heavy atom. The van der Waals surface area contributed by atoms with E-state index >= 15 is 0 Å². The first kappa shape index (κ1) is 24.2. The highest BCUT2D eigenvalue weighted by molar-refractivity contribution is 5.66. The van der Waals surface area contributed by atoms with Gasteiger partial charge in [0.05, 0.1) is 0 Å². The van der Waals surface area contributed by atoms with Crippen molar-refractivity contribution in [1.29, 1.82) is 0 Å². The molecule has 0 aromatic carbocycles. The summed E-state index contributed by atoms with van der Waals surface area (Å²) in [6, 6.07) is 0. The fourth-order valence-corrected chi connectivity index (χ4v) is 3.24. The van der Waals surface area contributed by atoms with E-state index in [1.54, 1.807) is 0 Å². The normalized spacial score (nSPS) is 11.4. The molecule has 148 valence electrons. The lowest BCUT2D eigenvalue weighted by molar-refractivity contribution is -0.137. The zero-order valence-electron chi connectivity index (χ0n) is 16.9. The molecule has 0 aliphatic heterocycles. The summed E-state index contributed by atoms with van der Waals surface area (Å²) in [6.45, 7) is 2.23. The second-order valence-electron chi connectivity index (χ2n) is 7.50. The van der Waals surface area contributed by atoms with Crippen molar-refractivity contribution >= 4 is 5.97 Å². The summed E-state index contributed by atoms with van der Waals surface area (Å²) in [7, 11) is 0. The molecule has 0 saturated carbocycles. The van der Waals surface area contributed by atoms with E-state index in [2.05, 4.69) is 19.1 Å². The van der Waals surface area contributed by atoms with Crippen LogP contribution < -0.4 is 0 Å². The second kappa shape index (κ2) is 21.3. The van der Waals surface area contributed by atoms with Crippen molar-refractivity contribution in [1.82, 2.24) is 0 Å². The van der Waals surface area contributed by atoms with Gasteiger partial charge in [-0.25, -0.2) is 0 Å². The molecule has 25 heavy (non-hydrogen) atoms. The van der Waals surface area contributed by atoms with Crippen molar-refractivity contribution < 1.29 is 9.90 Å². The van der Waals surface area contributed by atoms with E-state index in [1.807, 2.05) is 0 Å². The minimum Gasteiger partial charge on any atom is -0.481 e. The maximum Gasteiger partial charge on any atom is 0.303 e. The Morgan fingerprint density at radius 2 is 0.960 bits per heavy atom. The quantitative estimate of drug-likeness (QED) is 0.178. The summed E-state index contributed by atoms with van der Waals surface area (Å²) in [6.07, 6.45) is 28.6. The highest BCUT2D eigenvalue weighted by atomic mass is 16.4. The van der Waals surface area contributed by atoms with Gasteiger partial charge in [-0.15, -0.1) is 0 Å². The van der Waals surface area contributed by atoms with E-state index in [0.29, 0.717) is 6.42 Å². The Hall–Kier alpha value is -0.790. The highest BCUT2D eigenvalue weighted by Gasteiger charge is 1.97. The van der Waals surface area contributed by atoms with Gasteiger partial charge >= 0.3 is 5.97 Å². The molecule has 0 rings (SSSR count). The smallest absolute Gasteiger partial charge is 0.303 e. The fourth-order valence-electron chi connectivity index (χ4n) is 3.24. The van der Waals surface area contributed by atoms with Gasteiger partial charge in [-0.3, -0.25) is 4.79 Å². The van der Waals surface area contributed by atoms with Crippen LogP contribution in [-0.2, 0) is 4.79 Å². The number of hydrogen-bond acceptors (Lipinski definition) is 1. The third kappa shape index (κ3) is 23.2. The van der Waals surface area contributed by atoms with Crippen molar-refractivity contribution in [3.05, 3.63) is 12.2 Å². The maximum absolute atomic E-state index is 10.4. The molecule has 0 saturated heterocycles. The average Bonchev–Trinajstić information content (AvgIpc) is 2.60. The first-order chi connectivity index (χ1) is 12.3. The van der Waals surface area contributed by atoms with Crippen LogP contribution in [0.15, 0.2) is 12.2 Å². The predicted molar refractivity (Wildman–Crippen MR) is 110 cm³/mol. The molecule has 2 nitrogen and oxygen atoms in total. The summed E-state index contributed by atoms with van der Waals surface area (Å²) in [5.74, 6) is -0.653. The first-order valence-corrected chi connectivity index (χ1v) is 11.1. The van der Waals surface area contributed by atoms with Crippen LogP contribution in [0.5, 0.6) is 0 Å².